The maximum Gasteiger partial charge on any atom is 0.468 e. The van der Waals surface area contributed by atoms with Crippen LogP contribution in [0.3, 0.4) is 0 Å². The molecule has 0 N–H and O–H groups in total. The first-order chi connectivity index (χ1) is 11.4. The predicted molar refractivity (Wildman–Crippen MR) is 67.0 cm³/mol. The summed E-state index contributed by atoms with van der Waals surface area (Å²) < 4.78 is 121. The van der Waals surface area contributed by atoms with Crippen LogP contribution >= 0.6 is 0 Å². The molecule has 8 nitrogen and oxygen atoms in total. The van der Waals surface area contributed by atoms with Crippen molar-refractivity contribution < 1.29 is 63.1 Å². The van der Waals surface area contributed by atoms with E-state index in [1.807, 2.05) is 0 Å². The van der Waals surface area contributed by atoms with Crippen LogP contribution in [0.1, 0.15) is 13.8 Å². The summed E-state index contributed by atoms with van der Waals surface area (Å²) >= 11 is 0. The summed E-state index contributed by atoms with van der Waals surface area (Å²) in [6, 6.07) is 0. The molecule has 0 bridgehead atoms. The zero-order valence-corrected chi connectivity index (χ0v) is 13.8. The molecule has 0 aliphatic carbocycles. The maximum absolute atomic E-state index is 13.2. The van der Waals surface area contributed by atoms with Gasteiger partial charge in [0.2, 0.25) is 5.83 Å². The minimum atomic E-state index is -6.52. The molecular weight excluding hydrogens is 406 g/mol. The van der Waals surface area contributed by atoms with Gasteiger partial charge >= 0.3 is 29.2 Å². The first-order valence-electron chi connectivity index (χ1n) is 6.20. The van der Waals surface area contributed by atoms with E-state index in [4.69, 9.17) is 0 Å². The minimum Gasteiger partial charge on any atom is -0.743 e. The Balaban J connectivity index is 6.15. The molecule has 0 saturated carbocycles. The van der Waals surface area contributed by atoms with Gasteiger partial charge in [-0.05, 0) is 13.8 Å². The van der Waals surface area contributed by atoms with Crippen molar-refractivity contribution >= 4 is 22.1 Å². The Bertz CT molecular complexity index is 671. The molecule has 0 aromatic rings. The molecule has 0 amide bonds. The average Bonchev–Trinajstić information content (AvgIpc) is 2.39. The molecule has 0 rings (SSSR count). The molecule has 0 heterocycles. The maximum atomic E-state index is 13.2. The third kappa shape index (κ3) is 5.57. The number of halogens is 6. The fourth-order valence-electron chi connectivity index (χ4n) is 1.12. The van der Waals surface area contributed by atoms with E-state index in [-0.39, 0.29) is 0 Å². The number of alkyl halides is 5. The van der Waals surface area contributed by atoms with Crippen molar-refractivity contribution in [3.05, 3.63) is 12.4 Å². The van der Waals surface area contributed by atoms with Gasteiger partial charge in [-0.2, -0.15) is 26.3 Å². The summed E-state index contributed by atoms with van der Waals surface area (Å²) in [7, 11) is -6.52. The molecule has 15 heteroatoms. The standard InChI is InChI=1S/C11H12F6O8S/c1-5(2)24-8(19)10(11(15,16)17,25-7(18)6(3)12)23-4-9(13,14)26(20,21)22/h5H,3-4H2,1-2H3,(H,20,21,22)/p-1. The second-order valence-electron chi connectivity index (χ2n) is 4.74. The topological polar surface area (TPSA) is 119 Å². The molecule has 0 aromatic carbocycles. The largest absolute Gasteiger partial charge is 0.743 e. The summed E-state index contributed by atoms with van der Waals surface area (Å²) in [6.07, 6.45) is -7.48. The van der Waals surface area contributed by atoms with Crippen LogP contribution in [0.25, 0.3) is 0 Å². The van der Waals surface area contributed by atoms with E-state index in [1.54, 1.807) is 0 Å². The van der Waals surface area contributed by atoms with Gasteiger partial charge in [0.1, 0.15) is 6.61 Å². The molecule has 0 radical (unpaired) electrons. The zero-order valence-electron chi connectivity index (χ0n) is 12.9. The van der Waals surface area contributed by atoms with Crippen LogP contribution in [0.2, 0.25) is 0 Å². The van der Waals surface area contributed by atoms with Crippen LogP contribution in [0.5, 0.6) is 0 Å². The smallest absolute Gasteiger partial charge is 0.468 e. The predicted octanol–water partition coefficient (Wildman–Crippen LogP) is 1.38. The quantitative estimate of drug-likeness (QED) is 0.191. The van der Waals surface area contributed by atoms with Crippen LogP contribution in [-0.2, 0) is 33.9 Å². The number of hydrogen-bond donors (Lipinski definition) is 0. The lowest BCUT2D eigenvalue weighted by Gasteiger charge is -2.33. The first-order valence-corrected chi connectivity index (χ1v) is 7.61. The molecule has 0 fully saturated rings. The van der Waals surface area contributed by atoms with E-state index in [9.17, 15) is 48.9 Å². The van der Waals surface area contributed by atoms with Crippen LogP contribution < -0.4 is 0 Å². The highest BCUT2D eigenvalue weighted by atomic mass is 32.2. The van der Waals surface area contributed by atoms with Gasteiger partial charge in [-0.15, -0.1) is 0 Å². The van der Waals surface area contributed by atoms with Gasteiger partial charge < -0.3 is 18.8 Å². The van der Waals surface area contributed by atoms with Gasteiger partial charge in [0, 0.05) is 0 Å². The van der Waals surface area contributed by atoms with Gasteiger partial charge in [-0.3, -0.25) is 0 Å². The summed E-state index contributed by atoms with van der Waals surface area (Å²) in [6.45, 7) is 1.43. The van der Waals surface area contributed by atoms with Crippen molar-refractivity contribution in [1.82, 2.24) is 0 Å². The Kier molecular flexibility index (Phi) is 7.23. The average molecular weight is 417 g/mol. The van der Waals surface area contributed by atoms with Gasteiger partial charge in [0.05, 0.1) is 6.10 Å². The summed E-state index contributed by atoms with van der Waals surface area (Å²) in [5.41, 5.74) is 0. The number of hydrogen-bond acceptors (Lipinski definition) is 8. The molecule has 0 saturated heterocycles. The van der Waals surface area contributed by atoms with Crippen LogP contribution in [-0.4, -0.2) is 54.8 Å². The lowest BCUT2D eigenvalue weighted by Crippen LogP contribution is -2.60. The van der Waals surface area contributed by atoms with Crippen molar-refractivity contribution in [2.45, 2.75) is 37.2 Å². The number of esters is 2. The molecular formula is C11H11F6O8S-. The van der Waals surface area contributed by atoms with E-state index >= 15 is 0 Å². The second kappa shape index (κ2) is 7.79. The Hall–Kier alpha value is -1.87. The van der Waals surface area contributed by atoms with Crippen molar-refractivity contribution in [1.29, 1.82) is 0 Å². The SMILES string of the molecule is C=C(F)C(=O)OC(OCC(F)(F)S(=O)(=O)[O-])(C(=O)OC(C)C)C(F)(F)F. The van der Waals surface area contributed by atoms with Crippen LogP contribution in [0, 0.1) is 0 Å². The third-order valence-corrected chi connectivity index (χ3v) is 3.10. The third-order valence-electron chi connectivity index (χ3n) is 2.25. The highest BCUT2D eigenvalue weighted by Gasteiger charge is 2.69. The van der Waals surface area contributed by atoms with E-state index in [1.165, 1.54) is 0 Å². The van der Waals surface area contributed by atoms with Crippen molar-refractivity contribution in [2.75, 3.05) is 6.61 Å². The van der Waals surface area contributed by atoms with Crippen molar-refractivity contribution in [3.8, 4) is 0 Å². The number of ether oxygens (including phenoxy) is 3. The van der Waals surface area contributed by atoms with Gasteiger partial charge in [0.25, 0.3) is 0 Å². The fraction of sp³-hybridized carbons (Fsp3) is 0.636. The Labute approximate surface area is 142 Å². The Morgan fingerprint density at radius 3 is 1.92 bits per heavy atom. The van der Waals surface area contributed by atoms with E-state index in [2.05, 4.69) is 20.8 Å². The molecule has 152 valence electrons. The zero-order chi connectivity index (χ0) is 21.1. The Morgan fingerprint density at radius 2 is 1.62 bits per heavy atom. The monoisotopic (exact) mass is 417 g/mol. The fourth-order valence-corrected chi connectivity index (χ4v) is 1.32. The van der Waals surface area contributed by atoms with Crippen LogP contribution in [0.15, 0.2) is 12.4 Å². The summed E-state index contributed by atoms with van der Waals surface area (Å²) in [4.78, 5) is 22.7. The Morgan fingerprint density at radius 1 is 1.15 bits per heavy atom. The van der Waals surface area contributed by atoms with E-state index < -0.39 is 57.8 Å². The molecule has 0 spiro atoms. The summed E-state index contributed by atoms with van der Waals surface area (Å²) in [5, 5.41) is -5.46. The number of carbonyl (C=O) groups excluding carboxylic acids is 2. The minimum absolute atomic E-state index is 1.01. The molecule has 0 aromatic heterocycles. The lowest BCUT2D eigenvalue weighted by molar-refractivity contribution is -0.361. The van der Waals surface area contributed by atoms with Crippen LogP contribution in [0.4, 0.5) is 26.3 Å². The molecule has 26 heavy (non-hydrogen) atoms. The van der Waals surface area contributed by atoms with Crippen molar-refractivity contribution in [2.24, 2.45) is 0 Å². The molecule has 1 unspecified atom stereocenters. The lowest BCUT2D eigenvalue weighted by atomic mass is 10.2. The van der Waals surface area contributed by atoms with Crippen molar-refractivity contribution in [3.63, 3.8) is 0 Å². The van der Waals surface area contributed by atoms with Gasteiger partial charge in [-0.1, -0.05) is 6.58 Å². The first kappa shape index (κ1) is 24.1. The number of rotatable bonds is 8. The summed E-state index contributed by atoms with van der Waals surface area (Å²) in [5.74, 6) is -12.3. The normalized spacial score (nSPS) is 15.3. The van der Waals surface area contributed by atoms with E-state index in [0.717, 1.165) is 13.8 Å². The van der Waals surface area contributed by atoms with Gasteiger partial charge in [-0.25, -0.2) is 18.0 Å². The number of carbonyl (C=O) groups is 2. The highest BCUT2D eigenvalue weighted by molar-refractivity contribution is 7.86. The highest BCUT2D eigenvalue weighted by Crippen LogP contribution is 2.39. The molecule has 0 aliphatic rings. The van der Waals surface area contributed by atoms with Gasteiger partial charge in [0.15, 0.2) is 10.1 Å². The van der Waals surface area contributed by atoms with E-state index in [0.29, 0.717) is 0 Å². The molecule has 1 atom stereocenters. The molecule has 0 aliphatic heterocycles. The second-order valence-corrected chi connectivity index (χ2v) is 6.25.